The molecular weight excluding hydrogens is 352 g/mol. The molecule has 3 fully saturated rings. The zero-order valence-electron chi connectivity index (χ0n) is 17.0. The third kappa shape index (κ3) is 5.31. The molecular formula is C20H35F2N3O2. The molecule has 5 nitrogen and oxygen atoms in total. The van der Waals surface area contributed by atoms with E-state index in [1.165, 1.54) is 17.7 Å². The first kappa shape index (κ1) is 20.8. The minimum atomic E-state index is -2.86. The van der Waals surface area contributed by atoms with Crippen LogP contribution in [0.4, 0.5) is 13.6 Å². The molecule has 1 atom stereocenters. The van der Waals surface area contributed by atoms with Crippen molar-refractivity contribution in [2.45, 2.75) is 64.4 Å². The molecule has 3 rings (SSSR count). The quantitative estimate of drug-likeness (QED) is 0.789. The van der Waals surface area contributed by atoms with Gasteiger partial charge in [-0.1, -0.05) is 0 Å². The van der Waals surface area contributed by atoms with Gasteiger partial charge in [0.25, 0.3) is 5.92 Å². The second kappa shape index (κ2) is 7.82. The SMILES string of the molecule is CC(C)(C)OC(=O)N1CC[C@@H](CN2CCC3(CCNCC3)CC2)C(F)(F)C1. The summed E-state index contributed by atoms with van der Waals surface area (Å²) in [5.74, 6) is -3.54. The van der Waals surface area contributed by atoms with E-state index < -0.39 is 30.1 Å². The van der Waals surface area contributed by atoms with Crippen LogP contribution in [0.15, 0.2) is 0 Å². The molecule has 3 heterocycles. The maximum absolute atomic E-state index is 14.7. The molecule has 0 radical (unpaired) electrons. The highest BCUT2D eigenvalue weighted by Gasteiger charge is 2.47. The molecule has 0 aromatic carbocycles. The van der Waals surface area contributed by atoms with Crippen LogP contribution < -0.4 is 5.32 Å². The van der Waals surface area contributed by atoms with Gasteiger partial charge in [0.05, 0.1) is 6.54 Å². The Hall–Kier alpha value is -0.950. The number of nitrogens with one attached hydrogen (secondary N) is 1. The molecule has 1 amide bonds. The van der Waals surface area contributed by atoms with Gasteiger partial charge < -0.3 is 19.9 Å². The van der Waals surface area contributed by atoms with Gasteiger partial charge in [-0.3, -0.25) is 0 Å². The van der Waals surface area contributed by atoms with E-state index in [0.717, 1.165) is 39.0 Å². The van der Waals surface area contributed by atoms with Crippen LogP contribution >= 0.6 is 0 Å². The van der Waals surface area contributed by atoms with Crippen molar-refractivity contribution in [3.8, 4) is 0 Å². The first-order valence-electron chi connectivity index (χ1n) is 10.4. The van der Waals surface area contributed by atoms with Gasteiger partial charge >= 0.3 is 6.09 Å². The van der Waals surface area contributed by atoms with E-state index in [0.29, 0.717) is 24.9 Å². The number of likely N-dealkylation sites (tertiary alicyclic amines) is 2. The highest BCUT2D eigenvalue weighted by atomic mass is 19.3. The molecule has 7 heteroatoms. The highest BCUT2D eigenvalue weighted by molar-refractivity contribution is 5.68. The van der Waals surface area contributed by atoms with Crippen LogP contribution in [0.5, 0.6) is 0 Å². The lowest BCUT2D eigenvalue weighted by molar-refractivity contribution is -0.119. The van der Waals surface area contributed by atoms with Gasteiger partial charge in [-0.2, -0.15) is 0 Å². The fourth-order valence-corrected chi connectivity index (χ4v) is 4.67. The minimum absolute atomic E-state index is 0.331. The van der Waals surface area contributed by atoms with Gasteiger partial charge in [0.15, 0.2) is 0 Å². The summed E-state index contributed by atoms with van der Waals surface area (Å²) in [6, 6.07) is 0. The lowest BCUT2D eigenvalue weighted by Crippen LogP contribution is -2.55. The molecule has 0 unspecified atom stereocenters. The highest BCUT2D eigenvalue weighted by Crippen LogP contribution is 2.41. The molecule has 3 saturated heterocycles. The first-order chi connectivity index (χ1) is 12.6. The lowest BCUT2D eigenvalue weighted by atomic mass is 9.71. The first-order valence-corrected chi connectivity index (χ1v) is 10.4. The Morgan fingerprint density at radius 2 is 1.74 bits per heavy atom. The summed E-state index contributed by atoms with van der Waals surface area (Å²) in [7, 11) is 0. The van der Waals surface area contributed by atoms with Crippen molar-refractivity contribution in [2.24, 2.45) is 11.3 Å². The zero-order valence-corrected chi connectivity index (χ0v) is 17.0. The van der Waals surface area contributed by atoms with Crippen LogP contribution in [-0.4, -0.2) is 73.2 Å². The summed E-state index contributed by atoms with van der Waals surface area (Å²) in [5.41, 5.74) is -0.230. The number of carbonyl (C=O) groups excluding carboxylic acids is 1. The number of amides is 1. The zero-order chi connectivity index (χ0) is 19.7. The number of rotatable bonds is 2. The van der Waals surface area contributed by atoms with Crippen molar-refractivity contribution in [3.05, 3.63) is 0 Å². The average molecular weight is 388 g/mol. The summed E-state index contributed by atoms with van der Waals surface area (Å²) in [5, 5.41) is 3.42. The number of alkyl halides is 2. The average Bonchev–Trinajstić information content (AvgIpc) is 2.57. The molecule has 27 heavy (non-hydrogen) atoms. The van der Waals surface area contributed by atoms with Crippen molar-refractivity contribution < 1.29 is 18.3 Å². The Kier molecular flexibility index (Phi) is 6.02. The summed E-state index contributed by atoms with van der Waals surface area (Å²) in [6.45, 7) is 9.51. The number of ether oxygens (including phenoxy) is 1. The second-order valence-corrected chi connectivity index (χ2v) is 9.70. The van der Waals surface area contributed by atoms with Gasteiger partial charge in [0.1, 0.15) is 5.60 Å². The Balaban J connectivity index is 1.50. The normalized spacial score (nSPS) is 28.9. The van der Waals surface area contributed by atoms with Crippen molar-refractivity contribution in [1.29, 1.82) is 0 Å². The van der Waals surface area contributed by atoms with E-state index in [4.69, 9.17) is 4.74 Å². The monoisotopic (exact) mass is 387 g/mol. The summed E-state index contributed by atoms with van der Waals surface area (Å²) in [6.07, 6.45) is 4.37. The molecule has 0 saturated carbocycles. The van der Waals surface area contributed by atoms with Crippen molar-refractivity contribution in [1.82, 2.24) is 15.1 Å². The van der Waals surface area contributed by atoms with E-state index in [1.807, 2.05) is 0 Å². The standard InChI is InChI=1S/C20H35F2N3O2/c1-18(2,3)27-17(26)25-11-4-16(20(21,22)15-25)14-24-12-7-19(8-13-24)5-9-23-10-6-19/h16,23H,4-15H2,1-3H3/t16-/m0/s1. The number of carbonyl (C=O) groups is 1. The van der Waals surface area contributed by atoms with E-state index in [1.54, 1.807) is 20.8 Å². The fraction of sp³-hybridized carbons (Fsp3) is 0.950. The van der Waals surface area contributed by atoms with E-state index in [2.05, 4.69) is 10.2 Å². The summed E-state index contributed by atoms with van der Waals surface area (Å²) in [4.78, 5) is 15.5. The molecule has 3 aliphatic rings. The molecule has 1 N–H and O–H groups in total. The van der Waals surface area contributed by atoms with E-state index >= 15 is 0 Å². The van der Waals surface area contributed by atoms with Gasteiger partial charge in [-0.15, -0.1) is 0 Å². The van der Waals surface area contributed by atoms with Crippen molar-refractivity contribution in [2.75, 3.05) is 45.8 Å². The summed E-state index contributed by atoms with van der Waals surface area (Å²) < 4.78 is 34.7. The number of hydrogen-bond acceptors (Lipinski definition) is 4. The fourth-order valence-electron chi connectivity index (χ4n) is 4.67. The van der Waals surface area contributed by atoms with E-state index in [9.17, 15) is 13.6 Å². The minimum Gasteiger partial charge on any atom is -0.444 e. The molecule has 3 aliphatic heterocycles. The largest absolute Gasteiger partial charge is 0.444 e. The summed E-state index contributed by atoms with van der Waals surface area (Å²) >= 11 is 0. The van der Waals surface area contributed by atoms with Crippen LogP contribution in [0.1, 0.15) is 52.9 Å². The number of hydrogen-bond donors (Lipinski definition) is 1. The smallest absolute Gasteiger partial charge is 0.410 e. The Morgan fingerprint density at radius 1 is 1.11 bits per heavy atom. The maximum atomic E-state index is 14.7. The maximum Gasteiger partial charge on any atom is 0.410 e. The van der Waals surface area contributed by atoms with Gasteiger partial charge in [0.2, 0.25) is 0 Å². The topological polar surface area (TPSA) is 44.8 Å². The Labute approximate surface area is 161 Å². The van der Waals surface area contributed by atoms with Crippen LogP contribution in [0, 0.1) is 11.3 Å². The predicted octanol–water partition coefficient (Wildman–Crippen LogP) is 3.34. The predicted molar refractivity (Wildman–Crippen MR) is 101 cm³/mol. The Morgan fingerprint density at radius 3 is 2.30 bits per heavy atom. The molecule has 0 aromatic rings. The third-order valence-electron chi connectivity index (χ3n) is 6.46. The lowest BCUT2D eigenvalue weighted by Gasteiger charge is -2.46. The number of piperidine rings is 3. The van der Waals surface area contributed by atoms with Crippen LogP contribution in [0.2, 0.25) is 0 Å². The van der Waals surface area contributed by atoms with Crippen LogP contribution in [0.3, 0.4) is 0 Å². The van der Waals surface area contributed by atoms with E-state index in [-0.39, 0.29) is 0 Å². The number of nitrogens with zero attached hydrogens (tertiary/aromatic N) is 2. The molecule has 0 bridgehead atoms. The molecule has 156 valence electrons. The van der Waals surface area contributed by atoms with Gasteiger partial charge in [-0.05, 0) is 84.5 Å². The molecule has 0 aromatic heterocycles. The molecule has 0 aliphatic carbocycles. The third-order valence-corrected chi connectivity index (χ3v) is 6.46. The van der Waals surface area contributed by atoms with Gasteiger partial charge in [0, 0.05) is 19.0 Å². The van der Waals surface area contributed by atoms with Crippen molar-refractivity contribution in [3.63, 3.8) is 0 Å². The van der Waals surface area contributed by atoms with Crippen molar-refractivity contribution >= 4 is 6.09 Å². The Bertz CT molecular complexity index is 520. The second-order valence-electron chi connectivity index (χ2n) is 9.70. The van der Waals surface area contributed by atoms with Crippen LogP contribution in [-0.2, 0) is 4.74 Å². The van der Waals surface area contributed by atoms with Gasteiger partial charge in [-0.25, -0.2) is 13.6 Å². The molecule has 1 spiro atoms. The number of halogens is 2. The van der Waals surface area contributed by atoms with Crippen LogP contribution in [0.25, 0.3) is 0 Å².